The number of nitrogens with one attached hydrogen (secondary N) is 1. The van der Waals surface area contributed by atoms with Crippen molar-refractivity contribution < 1.29 is 14.3 Å². The first-order valence-corrected chi connectivity index (χ1v) is 8.33. The van der Waals surface area contributed by atoms with Gasteiger partial charge in [0.1, 0.15) is 18.1 Å². The highest BCUT2D eigenvalue weighted by Crippen LogP contribution is 2.37. The predicted octanol–water partition coefficient (Wildman–Crippen LogP) is 2.79. The molecule has 1 amide bonds. The summed E-state index contributed by atoms with van der Waals surface area (Å²) in [7, 11) is 1.66. The molecule has 24 heavy (non-hydrogen) atoms. The number of ether oxygens (including phenoxy) is 2. The second-order valence-electron chi connectivity index (χ2n) is 6.09. The van der Waals surface area contributed by atoms with E-state index in [4.69, 9.17) is 9.47 Å². The molecule has 1 aromatic carbocycles. The Morgan fingerprint density at radius 1 is 1.17 bits per heavy atom. The maximum Gasteiger partial charge on any atom is 0.270 e. The quantitative estimate of drug-likeness (QED) is 0.942. The number of amides is 1. The molecule has 0 saturated carbocycles. The SMILES string of the molecule is COc1ccc(N2CCOc3cc(C(=O)N4CCCC4)[nH]c32)cc1. The third kappa shape index (κ3) is 2.58. The number of carbonyl (C=O) groups excluding carboxylic acids is 1. The van der Waals surface area contributed by atoms with E-state index < -0.39 is 0 Å². The lowest BCUT2D eigenvalue weighted by atomic mass is 10.2. The van der Waals surface area contributed by atoms with E-state index in [0.717, 1.165) is 55.5 Å². The molecule has 2 aliphatic rings. The summed E-state index contributed by atoms with van der Waals surface area (Å²) in [4.78, 5) is 19.9. The number of nitrogens with zero attached hydrogens (tertiary/aromatic N) is 2. The molecule has 3 heterocycles. The number of benzene rings is 1. The van der Waals surface area contributed by atoms with Gasteiger partial charge in [-0.15, -0.1) is 0 Å². The number of aromatic nitrogens is 1. The summed E-state index contributed by atoms with van der Waals surface area (Å²) in [6, 6.07) is 9.71. The Hall–Kier alpha value is -2.63. The van der Waals surface area contributed by atoms with Gasteiger partial charge in [-0.25, -0.2) is 0 Å². The highest BCUT2D eigenvalue weighted by molar-refractivity contribution is 5.94. The predicted molar refractivity (Wildman–Crippen MR) is 91.4 cm³/mol. The Bertz CT molecular complexity index is 732. The fourth-order valence-corrected chi connectivity index (χ4v) is 3.32. The van der Waals surface area contributed by atoms with Crippen LogP contribution in [0.25, 0.3) is 0 Å². The second-order valence-corrected chi connectivity index (χ2v) is 6.09. The first-order chi connectivity index (χ1) is 11.8. The van der Waals surface area contributed by atoms with Crippen molar-refractivity contribution in [2.75, 3.05) is 38.3 Å². The van der Waals surface area contributed by atoms with Crippen molar-refractivity contribution in [1.82, 2.24) is 9.88 Å². The molecule has 4 rings (SSSR count). The molecule has 0 radical (unpaired) electrons. The number of rotatable bonds is 3. The Balaban J connectivity index is 1.63. The van der Waals surface area contributed by atoms with Gasteiger partial charge >= 0.3 is 0 Å². The lowest BCUT2D eigenvalue weighted by Gasteiger charge is -2.28. The monoisotopic (exact) mass is 327 g/mol. The van der Waals surface area contributed by atoms with Crippen molar-refractivity contribution in [2.45, 2.75) is 12.8 Å². The van der Waals surface area contributed by atoms with E-state index in [1.54, 1.807) is 7.11 Å². The number of hydrogen-bond acceptors (Lipinski definition) is 4. The van der Waals surface area contributed by atoms with Crippen molar-refractivity contribution in [3.8, 4) is 11.5 Å². The summed E-state index contributed by atoms with van der Waals surface area (Å²) >= 11 is 0. The van der Waals surface area contributed by atoms with Crippen LogP contribution in [0.15, 0.2) is 30.3 Å². The smallest absolute Gasteiger partial charge is 0.270 e. The fourth-order valence-electron chi connectivity index (χ4n) is 3.32. The van der Waals surface area contributed by atoms with Crippen molar-refractivity contribution in [1.29, 1.82) is 0 Å². The highest BCUT2D eigenvalue weighted by Gasteiger charge is 2.27. The van der Waals surface area contributed by atoms with E-state index in [1.165, 1.54) is 0 Å². The first kappa shape index (κ1) is 14.9. The van der Waals surface area contributed by atoms with Gasteiger partial charge in [0.05, 0.1) is 13.7 Å². The molecule has 6 heteroatoms. The van der Waals surface area contributed by atoms with Gasteiger partial charge in [0.15, 0.2) is 11.6 Å². The van der Waals surface area contributed by atoms with E-state index >= 15 is 0 Å². The van der Waals surface area contributed by atoms with Crippen LogP contribution in [0.5, 0.6) is 11.5 Å². The lowest BCUT2D eigenvalue weighted by Crippen LogP contribution is -2.29. The van der Waals surface area contributed by atoms with E-state index in [2.05, 4.69) is 9.88 Å². The molecule has 0 atom stereocenters. The number of fused-ring (bicyclic) bond motifs is 1. The van der Waals surface area contributed by atoms with Crippen molar-refractivity contribution in [2.24, 2.45) is 0 Å². The highest BCUT2D eigenvalue weighted by atomic mass is 16.5. The standard InChI is InChI=1S/C18H21N3O3/c1-23-14-6-4-13(5-7-14)21-10-11-24-16-12-15(19-17(16)21)18(22)20-8-2-3-9-20/h4-7,12,19H,2-3,8-11H2,1H3. The molecular formula is C18H21N3O3. The van der Waals surface area contributed by atoms with Crippen LogP contribution < -0.4 is 14.4 Å². The topological polar surface area (TPSA) is 57.8 Å². The molecule has 0 unspecified atom stereocenters. The molecule has 6 nitrogen and oxygen atoms in total. The zero-order valence-electron chi connectivity index (χ0n) is 13.7. The molecular weight excluding hydrogens is 306 g/mol. The Morgan fingerprint density at radius 3 is 2.62 bits per heavy atom. The van der Waals surface area contributed by atoms with Gasteiger partial charge in [-0.2, -0.15) is 0 Å². The summed E-state index contributed by atoms with van der Waals surface area (Å²) in [6.45, 7) is 3.00. The molecule has 2 aliphatic heterocycles. The van der Waals surface area contributed by atoms with Crippen molar-refractivity contribution in [3.63, 3.8) is 0 Å². The van der Waals surface area contributed by atoms with Crippen LogP contribution in [0, 0.1) is 0 Å². The summed E-state index contributed by atoms with van der Waals surface area (Å²) in [5, 5.41) is 0. The molecule has 0 bridgehead atoms. The second kappa shape index (κ2) is 6.11. The van der Waals surface area contributed by atoms with Gasteiger partial charge in [-0.05, 0) is 37.1 Å². The third-order valence-electron chi connectivity index (χ3n) is 4.61. The summed E-state index contributed by atoms with van der Waals surface area (Å²) < 4.78 is 11.0. The van der Waals surface area contributed by atoms with E-state index in [1.807, 2.05) is 35.2 Å². The van der Waals surface area contributed by atoms with Crippen molar-refractivity contribution in [3.05, 3.63) is 36.0 Å². The van der Waals surface area contributed by atoms with Gasteiger partial charge in [0, 0.05) is 24.8 Å². The van der Waals surface area contributed by atoms with Crippen LogP contribution in [0.2, 0.25) is 0 Å². The van der Waals surface area contributed by atoms with Crippen LogP contribution in [0.4, 0.5) is 11.5 Å². The van der Waals surface area contributed by atoms with Gasteiger partial charge in [-0.1, -0.05) is 0 Å². The number of H-pyrrole nitrogens is 1. The number of carbonyl (C=O) groups is 1. The van der Waals surface area contributed by atoms with Crippen LogP contribution in [-0.4, -0.2) is 49.1 Å². The summed E-state index contributed by atoms with van der Waals surface area (Å²) in [6.07, 6.45) is 2.17. The molecule has 1 N–H and O–H groups in total. The largest absolute Gasteiger partial charge is 0.497 e. The zero-order valence-corrected chi connectivity index (χ0v) is 13.7. The van der Waals surface area contributed by atoms with Crippen LogP contribution in [-0.2, 0) is 0 Å². The maximum atomic E-state index is 12.6. The summed E-state index contributed by atoms with van der Waals surface area (Å²) in [5.74, 6) is 2.46. The average molecular weight is 327 g/mol. The van der Waals surface area contributed by atoms with Crippen LogP contribution >= 0.6 is 0 Å². The third-order valence-corrected chi connectivity index (χ3v) is 4.61. The number of anilines is 2. The number of likely N-dealkylation sites (tertiary alicyclic amines) is 1. The Labute approximate surface area is 141 Å². The van der Waals surface area contributed by atoms with Crippen molar-refractivity contribution >= 4 is 17.4 Å². The molecule has 1 fully saturated rings. The van der Waals surface area contributed by atoms with E-state index in [9.17, 15) is 4.79 Å². The normalized spacial score (nSPS) is 16.7. The number of hydrogen-bond donors (Lipinski definition) is 1. The molecule has 1 saturated heterocycles. The Kier molecular flexibility index (Phi) is 3.80. The van der Waals surface area contributed by atoms with Crippen LogP contribution in [0.1, 0.15) is 23.3 Å². The average Bonchev–Trinajstić information content (AvgIpc) is 3.30. The number of aromatic amines is 1. The fraction of sp³-hybridized carbons (Fsp3) is 0.389. The molecule has 0 aliphatic carbocycles. The first-order valence-electron chi connectivity index (χ1n) is 8.33. The van der Waals surface area contributed by atoms with E-state index in [0.29, 0.717) is 12.3 Å². The van der Waals surface area contributed by atoms with Gasteiger partial charge < -0.3 is 24.3 Å². The minimum atomic E-state index is 0.0557. The minimum Gasteiger partial charge on any atom is -0.497 e. The van der Waals surface area contributed by atoms with E-state index in [-0.39, 0.29) is 5.91 Å². The number of methoxy groups -OCH3 is 1. The molecule has 2 aromatic rings. The zero-order chi connectivity index (χ0) is 16.5. The van der Waals surface area contributed by atoms with Gasteiger partial charge in [-0.3, -0.25) is 4.79 Å². The minimum absolute atomic E-state index is 0.0557. The summed E-state index contributed by atoms with van der Waals surface area (Å²) in [5.41, 5.74) is 1.64. The molecule has 1 aromatic heterocycles. The molecule has 126 valence electrons. The van der Waals surface area contributed by atoms with Gasteiger partial charge in [0.25, 0.3) is 5.91 Å². The maximum absolute atomic E-state index is 12.6. The van der Waals surface area contributed by atoms with Crippen LogP contribution in [0.3, 0.4) is 0 Å². The lowest BCUT2D eigenvalue weighted by molar-refractivity contribution is 0.0787. The van der Waals surface area contributed by atoms with Gasteiger partial charge in [0.2, 0.25) is 0 Å². The molecule has 0 spiro atoms. The Morgan fingerprint density at radius 2 is 1.92 bits per heavy atom.